The average Bonchev–Trinajstić information content (AvgIpc) is 1.99. The van der Waals surface area contributed by atoms with E-state index < -0.39 is 0 Å². The van der Waals surface area contributed by atoms with Gasteiger partial charge in [0.25, 0.3) is 0 Å². The lowest BCUT2D eigenvalue weighted by atomic mass is 10.0. The predicted molar refractivity (Wildman–Crippen MR) is 45.5 cm³/mol. The van der Waals surface area contributed by atoms with Crippen molar-refractivity contribution < 1.29 is 9.47 Å². The fraction of sp³-hybridized carbons (Fsp3) is 1.00. The third-order valence-electron chi connectivity index (χ3n) is 1.81. The van der Waals surface area contributed by atoms with E-state index in [-0.39, 0.29) is 12.3 Å². The molecule has 0 spiro atoms. The third kappa shape index (κ3) is 3.18. The Hall–Kier alpha value is -0.120. The second-order valence-electron chi connectivity index (χ2n) is 2.90. The van der Waals surface area contributed by atoms with Gasteiger partial charge in [0, 0.05) is 14.2 Å². The molecule has 0 radical (unpaired) electrons. The fourth-order valence-corrected chi connectivity index (χ4v) is 1.17. The van der Waals surface area contributed by atoms with Gasteiger partial charge in [-0.25, -0.2) is 0 Å². The molecule has 0 aromatic heterocycles. The van der Waals surface area contributed by atoms with E-state index in [1.165, 1.54) is 0 Å². The Kier molecular flexibility index (Phi) is 5.46. The second kappa shape index (κ2) is 5.52. The van der Waals surface area contributed by atoms with E-state index in [1.807, 2.05) is 7.05 Å². The molecule has 1 N–H and O–H groups in total. The minimum Gasteiger partial charge on any atom is -0.354 e. The zero-order chi connectivity index (χ0) is 8.85. The van der Waals surface area contributed by atoms with Crippen molar-refractivity contribution in [2.24, 2.45) is 5.92 Å². The van der Waals surface area contributed by atoms with Crippen LogP contribution in [0.1, 0.15) is 13.8 Å². The zero-order valence-corrected chi connectivity index (χ0v) is 8.05. The summed E-state index contributed by atoms with van der Waals surface area (Å²) in [6.45, 7) is 4.26. The quantitative estimate of drug-likeness (QED) is 0.606. The Bertz CT molecular complexity index is 92.1. The SMILES string of the molecule is CNC(C(C)C)C(OC)OC. The molecular formula is C8H19NO2. The van der Waals surface area contributed by atoms with Gasteiger partial charge in [0.15, 0.2) is 6.29 Å². The smallest absolute Gasteiger partial charge is 0.172 e. The van der Waals surface area contributed by atoms with Gasteiger partial charge in [-0.15, -0.1) is 0 Å². The topological polar surface area (TPSA) is 30.5 Å². The van der Waals surface area contributed by atoms with Crippen molar-refractivity contribution in [3.8, 4) is 0 Å². The number of methoxy groups -OCH3 is 2. The van der Waals surface area contributed by atoms with Gasteiger partial charge < -0.3 is 14.8 Å². The average molecular weight is 161 g/mol. The first-order chi connectivity index (χ1) is 5.17. The van der Waals surface area contributed by atoms with E-state index in [9.17, 15) is 0 Å². The molecule has 0 aromatic rings. The number of likely N-dealkylation sites (N-methyl/N-ethyl adjacent to an activating group) is 1. The van der Waals surface area contributed by atoms with Crippen LogP contribution in [0.3, 0.4) is 0 Å². The van der Waals surface area contributed by atoms with Gasteiger partial charge in [0.2, 0.25) is 0 Å². The molecule has 1 unspecified atom stereocenters. The van der Waals surface area contributed by atoms with Crippen LogP contribution in [-0.4, -0.2) is 33.6 Å². The fourth-order valence-electron chi connectivity index (χ4n) is 1.17. The summed E-state index contributed by atoms with van der Waals surface area (Å²) < 4.78 is 10.3. The van der Waals surface area contributed by atoms with Crippen LogP contribution in [0.15, 0.2) is 0 Å². The number of rotatable bonds is 5. The molecule has 0 saturated carbocycles. The first-order valence-electron chi connectivity index (χ1n) is 3.90. The van der Waals surface area contributed by atoms with Crippen molar-refractivity contribution in [1.82, 2.24) is 5.32 Å². The summed E-state index contributed by atoms with van der Waals surface area (Å²) in [7, 11) is 5.22. The Balaban J connectivity index is 3.98. The van der Waals surface area contributed by atoms with E-state index in [2.05, 4.69) is 19.2 Å². The number of hydrogen-bond donors (Lipinski definition) is 1. The largest absolute Gasteiger partial charge is 0.354 e. The summed E-state index contributed by atoms with van der Waals surface area (Å²) in [4.78, 5) is 0. The van der Waals surface area contributed by atoms with Gasteiger partial charge >= 0.3 is 0 Å². The van der Waals surface area contributed by atoms with Gasteiger partial charge in [0.05, 0.1) is 6.04 Å². The molecule has 3 nitrogen and oxygen atoms in total. The van der Waals surface area contributed by atoms with Crippen LogP contribution >= 0.6 is 0 Å². The van der Waals surface area contributed by atoms with Gasteiger partial charge in [-0.05, 0) is 13.0 Å². The molecule has 68 valence electrons. The van der Waals surface area contributed by atoms with Crippen molar-refractivity contribution >= 4 is 0 Å². The summed E-state index contributed by atoms with van der Waals surface area (Å²) in [5.74, 6) is 0.505. The van der Waals surface area contributed by atoms with Gasteiger partial charge in [-0.1, -0.05) is 13.8 Å². The Morgan fingerprint density at radius 1 is 1.09 bits per heavy atom. The summed E-state index contributed by atoms with van der Waals surface area (Å²) in [5.41, 5.74) is 0. The van der Waals surface area contributed by atoms with Gasteiger partial charge in [-0.2, -0.15) is 0 Å². The molecular weight excluding hydrogens is 142 g/mol. The van der Waals surface area contributed by atoms with Crippen LogP contribution in [0.25, 0.3) is 0 Å². The standard InChI is InChI=1S/C8H19NO2/c1-6(2)7(9-3)8(10-4)11-5/h6-9H,1-5H3. The molecule has 0 aliphatic carbocycles. The second-order valence-corrected chi connectivity index (χ2v) is 2.90. The minimum atomic E-state index is -0.153. The molecule has 3 heteroatoms. The molecule has 0 aromatic carbocycles. The van der Waals surface area contributed by atoms with Crippen LogP contribution in [0.5, 0.6) is 0 Å². The van der Waals surface area contributed by atoms with Crippen molar-refractivity contribution in [2.45, 2.75) is 26.2 Å². The number of ether oxygens (including phenoxy) is 2. The highest BCUT2D eigenvalue weighted by molar-refractivity contribution is 4.71. The zero-order valence-electron chi connectivity index (χ0n) is 8.05. The molecule has 0 rings (SSSR count). The van der Waals surface area contributed by atoms with Gasteiger partial charge in [-0.3, -0.25) is 0 Å². The maximum Gasteiger partial charge on any atom is 0.172 e. The summed E-state index contributed by atoms with van der Waals surface area (Å²) in [5, 5.41) is 3.15. The maximum absolute atomic E-state index is 5.13. The highest BCUT2D eigenvalue weighted by Crippen LogP contribution is 2.08. The van der Waals surface area contributed by atoms with Crippen molar-refractivity contribution in [3.63, 3.8) is 0 Å². The molecule has 0 fully saturated rings. The summed E-state index contributed by atoms with van der Waals surface area (Å²) >= 11 is 0. The minimum absolute atomic E-state index is 0.153. The first-order valence-corrected chi connectivity index (χ1v) is 3.90. The van der Waals surface area contributed by atoms with Crippen LogP contribution in [0, 0.1) is 5.92 Å². The van der Waals surface area contributed by atoms with E-state index >= 15 is 0 Å². The molecule has 0 bridgehead atoms. The highest BCUT2D eigenvalue weighted by Gasteiger charge is 2.21. The van der Waals surface area contributed by atoms with Crippen LogP contribution < -0.4 is 5.32 Å². The molecule has 1 atom stereocenters. The molecule has 0 amide bonds. The first kappa shape index (κ1) is 10.9. The van der Waals surface area contributed by atoms with Crippen LogP contribution in [0.2, 0.25) is 0 Å². The lowest BCUT2D eigenvalue weighted by molar-refractivity contribution is -0.129. The Morgan fingerprint density at radius 2 is 1.55 bits per heavy atom. The van der Waals surface area contributed by atoms with Crippen LogP contribution in [-0.2, 0) is 9.47 Å². The third-order valence-corrected chi connectivity index (χ3v) is 1.81. The molecule has 0 heterocycles. The molecule has 0 aliphatic rings. The van der Waals surface area contributed by atoms with Crippen molar-refractivity contribution in [2.75, 3.05) is 21.3 Å². The predicted octanol–water partition coefficient (Wildman–Crippen LogP) is 0.849. The lowest BCUT2D eigenvalue weighted by Gasteiger charge is -2.27. The summed E-state index contributed by atoms with van der Waals surface area (Å²) in [6, 6.07) is 0.255. The Labute approximate surface area is 69.1 Å². The number of nitrogens with one attached hydrogen (secondary N) is 1. The van der Waals surface area contributed by atoms with E-state index in [4.69, 9.17) is 9.47 Å². The van der Waals surface area contributed by atoms with Gasteiger partial charge in [0.1, 0.15) is 0 Å². The molecule has 0 aliphatic heterocycles. The summed E-state index contributed by atoms with van der Waals surface area (Å²) in [6.07, 6.45) is -0.153. The maximum atomic E-state index is 5.13. The number of hydrogen-bond acceptors (Lipinski definition) is 3. The molecule has 0 saturated heterocycles. The van der Waals surface area contributed by atoms with E-state index in [0.29, 0.717) is 5.92 Å². The van der Waals surface area contributed by atoms with Crippen LogP contribution in [0.4, 0.5) is 0 Å². The van der Waals surface area contributed by atoms with Crippen molar-refractivity contribution in [1.29, 1.82) is 0 Å². The van der Waals surface area contributed by atoms with E-state index in [0.717, 1.165) is 0 Å². The lowest BCUT2D eigenvalue weighted by Crippen LogP contribution is -2.43. The Morgan fingerprint density at radius 3 is 1.64 bits per heavy atom. The monoisotopic (exact) mass is 161 g/mol. The molecule has 11 heavy (non-hydrogen) atoms. The highest BCUT2D eigenvalue weighted by atomic mass is 16.7. The van der Waals surface area contributed by atoms with Crippen molar-refractivity contribution in [3.05, 3.63) is 0 Å². The van der Waals surface area contributed by atoms with E-state index in [1.54, 1.807) is 14.2 Å². The normalized spacial score (nSPS) is 14.5.